The highest BCUT2D eigenvalue weighted by Crippen LogP contribution is 2.39. The Morgan fingerprint density at radius 3 is 2.78 bits per heavy atom. The first-order valence-electron chi connectivity index (χ1n) is 6.14. The average molecular weight is 313 g/mol. The molecule has 0 aromatic heterocycles. The van der Waals surface area contributed by atoms with E-state index in [9.17, 15) is 10.1 Å². The molecular formula is C13H17BrN2O2. The Kier molecular flexibility index (Phi) is 4.02. The molecule has 4 nitrogen and oxygen atoms in total. The molecule has 0 aliphatic heterocycles. The number of halogens is 1. The van der Waals surface area contributed by atoms with Crippen LogP contribution in [0.2, 0.25) is 0 Å². The lowest BCUT2D eigenvalue weighted by atomic mass is 9.70. The Hall–Kier alpha value is -0.940. The van der Waals surface area contributed by atoms with Crippen LogP contribution < -0.4 is 5.32 Å². The summed E-state index contributed by atoms with van der Waals surface area (Å²) < 4.78 is 0.740. The minimum absolute atomic E-state index is 0.177. The molecule has 1 saturated carbocycles. The molecule has 2 rings (SSSR count). The summed E-state index contributed by atoms with van der Waals surface area (Å²) in [5.41, 5.74) is 1.31. The fraction of sp³-hybridized carbons (Fsp3) is 0.538. The van der Waals surface area contributed by atoms with Gasteiger partial charge in [-0.15, -0.1) is 0 Å². The first-order valence-corrected chi connectivity index (χ1v) is 6.93. The second-order valence-corrected chi connectivity index (χ2v) is 6.21. The van der Waals surface area contributed by atoms with Crippen LogP contribution in [-0.2, 0) is 6.54 Å². The summed E-state index contributed by atoms with van der Waals surface area (Å²) in [6.07, 6.45) is 3.81. The average Bonchev–Trinajstić information content (AvgIpc) is 2.28. The van der Waals surface area contributed by atoms with Gasteiger partial charge in [0.15, 0.2) is 0 Å². The highest BCUT2D eigenvalue weighted by molar-refractivity contribution is 9.10. The number of nitro benzene ring substituents is 1. The molecule has 0 amide bonds. The molecule has 0 radical (unpaired) electrons. The highest BCUT2D eigenvalue weighted by Gasteiger charge is 2.31. The largest absolute Gasteiger partial charge is 0.312 e. The van der Waals surface area contributed by atoms with Crippen molar-refractivity contribution in [3.63, 3.8) is 0 Å². The summed E-state index contributed by atoms with van der Waals surface area (Å²) in [4.78, 5) is 10.6. The fourth-order valence-electron chi connectivity index (χ4n) is 2.31. The van der Waals surface area contributed by atoms with E-state index in [0.29, 0.717) is 12.0 Å². The molecule has 0 saturated heterocycles. The lowest BCUT2D eigenvalue weighted by Gasteiger charge is -2.38. The maximum atomic E-state index is 11.0. The monoisotopic (exact) mass is 312 g/mol. The van der Waals surface area contributed by atoms with Gasteiger partial charge in [0.2, 0.25) is 0 Å². The fourth-order valence-corrected chi connectivity index (χ4v) is 2.66. The van der Waals surface area contributed by atoms with E-state index < -0.39 is 0 Å². The van der Waals surface area contributed by atoms with Gasteiger partial charge in [0.05, 0.1) is 4.92 Å². The molecule has 1 aromatic carbocycles. The second kappa shape index (κ2) is 5.36. The molecule has 1 N–H and O–H groups in total. The molecule has 1 aliphatic carbocycles. The van der Waals surface area contributed by atoms with Gasteiger partial charge in [-0.05, 0) is 30.4 Å². The van der Waals surface area contributed by atoms with Gasteiger partial charge in [0, 0.05) is 29.2 Å². The van der Waals surface area contributed by atoms with Crippen molar-refractivity contribution < 1.29 is 4.92 Å². The predicted octanol–water partition coefficient (Wildman–Crippen LogP) is 3.64. The van der Waals surface area contributed by atoms with Gasteiger partial charge < -0.3 is 5.32 Å². The van der Waals surface area contributed by atoms with E-state index in [-0.39, 0.29) is 10.6 Å². The lowest BCUT2D eigenvalue weighted by molar-refractivity contribution is -0.385. The van der Waals surface area contributed by atoms with E-state index in [1.54, 1.807) is 12.1 Å². The van der Waals surface area contributed by atoms with Crippen LogP contribution in [0.25, 0.3) is 0 Å². The minimum atomic E-state index is -0.327. The molecule has 0 heterocycles. The minimum Gasteiger partial charge on any atom is -0.312 e. The summed E-state index contributed by atoms with van der Waals surface area (Å²) in [7, 11) is 0. The van der Waals surface area contributed by atoms with Crippen LogP contribution >= 0.6 is 15.9 Å². The van der Waals surface area contributed by atoms with Crippen molar-refractivity contribution in [1.82, 2.24) is 5.32 Å². The van der Waals surface area contributed by atoms with E-state index in [1.165, 1.54) is 19.3 Å². The van der Waals surface area contributed by atoms with E-state index >= 15 is 0 Å². The van der Waals surface area contributed by atoms with Crippen molar-refractivity contribution in [2.75, 3.05) is 6.54 Å². The summed E-state index contributed by atoms with van der Waals surface area (Å²) in [5, 5.41) is 14.3. The number of nitrogens with one attached hydrogen (secondary N) is 1. The third-order valence-electron chi connectivity index (χ3n) is 3.67. The molecule has 0 bridgehead atoms. The summed E-state index contributed by atoms with van der Waals surface area (Å²) in [6, 6.07) is 5.20. The van der Waals surface area contributed by atoms with Crippen molar-refractivity contribution in [1.29, 1.82) is 0 Å². The van der Waals surface area contributed by atoms with Gasteiger partial charge in [-0.2, -0.15) is 0 Å². The lowest BCUT2D eigenvalue weighted by Crippen LogP contribution is -2.37. The zero-order valence-electron chi connectivity index (χ0n) is 10.4. The van der Waals surface area contributed by atoms with Gasteiger partial charge in [-0.25, -0.2) is 0 Å². The van der Waals surface area contributed by atoms with Gasteiger partial charge in [0.25, 0.3) is 5.69 Å². The van der Waals surface area contributed by atoms with Gasteiger partial charge in [-0.1, -0.05) is 29.3 Å². The highest BCUT2D eigenvalue weighted by atomic mass is 79.9. The van der Waals surface area contributed by atoms with Crippen LogP contribution in [0, 0.1) is 15.5 Å². The quantitative estimate of drug-likeness (QED) is 0.667. The zero-order chi connectivity index (χ0) is 13.2. The van der Waals surface area contributed by atoms with Crippen LogP contribution in [0.5, 0.6) is 0 Å². The molecule has 1 aliphatic rings. The summed E-state index contributed by atoms with van der Waals surface area (Å²) in [6.45, 7) is 3.75. The van der Waals surface area contributed by atoms with Gasteiger partial charge in [0.1, 0.15) is 0 Å². The SMILES string of the molecule is CC1(CNCc2ccc(Br)cc2[N+](=O)[O-])CCC1. The van der Waals surface area contributed by atoms with Crippen LogP contribution in [0.1, 0.15) is 31.7 Å². The first-order chi connectivity index (χ1) is 8.50. The number of rotatable bonds is 5. The topological polar surface area (TPSA) is 55.2 Å². The normalized spacial score (nSPS) is 17.2. The molecule has 18 heavy (non-hydrogen) atoms. The standard InChI is InChI=1S/C13H17BrN2O2/c1-13(5-2-6-13)9-15-8-10-3-4-11(14)7-12(10)16(17)18/h3-4,7,15H,2,5-6,8-9H2,1H3. The number of hydrogen-bond acceptors (Lipinski definition) is 3. The van der Waals surface area contributed by atoms with Crippen LogP contribution in [0.15, 0.2) is 22.7 Å². The maximum Gasteiger partial charge on any atom is 0.275 e. The Balaban J connectivity index is 1.98. The number of benzene rings is 1. The van der Waals surface area contributed by atoms with E-state index in [1.807, 2.05) is 6.07 Å². The Bertz CT molecular complexity index is 458. The Labute approximate surface area is 115 Å². The van der Waals surface area contributed by atoms with Crippen molar-refractivity contribution in [2.24, 2.45) is 5.41 Å². The predicted molar refractivity (Wildman–Crippen MR) is 74.5 cm³/mol. The molecule has 0 atom stereocenters. The van der Waals surface area contributed by atoms with Crippen LogP contribution in [0.4, 0.5) is 5.69 Å². The molecule has 98 valence electrons. The van der Waals surface area contributed by atoms with Crippen molar-refractivity contribution in [3.8, 4) is 0 Å². The van der Waals surface area contributed by atoms with E-state index in [4.69, 9.17) is 0 Å². The Morgan fingerprint density at radius 2 is 2.22 bits per heavy atom. The number of hydrogen-bond donors (Lipinski definition) is 1. The van der Waals surface area contributed by atoms with Crippen molar-refractivity contribution >= 4 is 21.6 Å². The van der Waals surface area contributed by atoms with E-state index in [0.717, 1.165) is 16.6 Å². The molecule has 5 heteroatoms. The summed E-state index contributed by atoms with van der Waals surface area (Å²) >= 11 is 3.26. The maximum absolute atomic E-state index is 11.0. The second-order valence-electron chi connectivity index (χ2n) is 5.30. The molecule has 1 fully saturated rings. The van der Waals surface area contributed by atoms with Gasteiger partial charge in [-0.3, -0.25) is 10.1 Å². The van der Waals surface area contributed by atoms with Crippen molar-refractivity contribution in [2.45, 2.75) is 32.7 Å². The molecule has 1 aromatic rings. The third-order valence-corrected chi connectivity index (χ3v) is 4.17. The third kappa shape index (κ3) is 3.09. The number of nitro groups is 1. The number of nitrogens with zero attached hydrogens (tertiary/aromatic N) is 1. The Morgan fingerprint density at radius 1 is 1.50 bits per heavy atom. The van der Waals surface area contributed by atoms with Crippen LogP contribution in [-0.4, -0.2) is 11.5 Å². The van der Waals surface area contributed by atoms with Crippen LogP contribution in [0.3, 0.4) is 0 Å². The first kappa shape index (κ1) is 13.5. The molecule has 0 spiro atoms. The zero-order valence-corrected chi connectivity index (χ0v) is 12.0. The van der Waals surface area contributed by atoms with E-state index in [2.05, 4.69) is 28.2 Å². The molecular weight excluding hydrogens is 296 g/mol. The summed E-state index contributed by atoms with van der Waals surface area (Å²) in [5.74, 6) is 0. The van der Waals surface area contributed by atoms with Crippen molar-refractivity contribution in [3.05, 3.63) is 38.3 Å². The molecule has 0 unspecified atom stereocenters. The van der Waals surface area contributed by atoms with Gasteiger partial charge >= 0.3 is 0 Å². The smallest absolute Gasteiger partial charge is 0.275 e.